The number of rotatable bonds is 3. The maximum atomic E-state index is 12.4. The van der Waals surface area contributed by atoms with Crippen molar-refractivity contribution < 1.29 is 9.53 Å². The zero-order chi connectivity index (χ0) is 15.4. The second-order valence-electron chi connectivity index (χ2n) is 5.77. The summed E-state index contributed by atoms with van der Waals surface area (Å²) in [7, 11) is 1.65. The lowest BCUT2D eigenvalue weighted by Gasteiger charge is -2.35. The molecule has 1 N–H and O–H groups in total. The van der Waals surface area contributed by atoms with Crippen molar-refractivity contribution in [3.05, 3.63) is 35.9 Å². The van der Waals surface area contributed by atoms with Gasteiger partial charge >= 0.3 is 0 Å². The van der Waals surface area contributed by atoms with E-state index in [9.17, 15) is 4.79 Å². The number of carbonyl (C=O) groups is 1. The van der Waals surface area contributed by atoms with E-state index in [0.29, 0.717) is 12.1 Å². The van der Waals surface area contributed by atoms with Crippen LogP contribution in [0.3, 0.4) is 0 Å². The van der Waals surface area contributed by atoms with E-state index in [-0.39, 0.29) is 5.91 Å². The van der Waals surface area contributed by atoms with Crippen LogP contribution in [0.5, 0.6) is 5.75 Å². The predicted octanol–water partition coefficient (Wildman–Crippen LogP) is 2.31. The normalized spacial score (nSPS) is 23.0. The van der Waals surface area contributed by atoms with Gasteiger partial charge in [-0.15, -0.1) is 0 Å². The van der Waals surface area contributed by atoms with E-state index in [0.717, 1.165) is 30.0 Å². The molecule has 21 heavy (non-hydrogen) atoms. The third-order valence-electron chi connectivity index (χ3n) is 3.73. The molecule has 2 rings (SSSR count). The highest BCUT2D eigenvalue weighted by atomic mass is 16.5. The van der Waals surface area contributed by atoms with Crippen molar-refractivity contribution in [3.63, 3.8) is 0 Å². The van der Waals surface area contributed by atoms with Crippen molar-refractivity contribution in [2.45, 2.75) is 32.9 Å². The first-order valence-electron chi connectivity index (χ1n) is 7.37. The fourth-order valence-electron chi connectivity index (χ4n) is 2.73. The van der Waals surface area contributed by atoms with Crippen LogP contribution in [0, 0.1) is 0 Å². The second kappa shape index (κ2) is 6.76. The summed E-state index contributed by atoms with van der Waals surface area (Å²) in [5, 5.41) is 3.43. The Balaban J connectivity index is 2.12. The summed E-state index contributed by atoms with van der Waals surface area (Å²) in [5.41, 5.74) is 1.97. The molecule has 1 heterocycles. The Bertz CT molecular complexity index is 529. The largest absolute Gasteiger partial charge is 0.497 e. The van der Waals surface area contributed by atoms with Gasteiger partial charge in [0.1, 0.15) is 5.75 Å². The third-order valence-corrected chi connectivity index (χ3v) is 3.73. The van der Waals surface area contributed by atoms with Crippen molar-refractivity contribution in [3.8, 4) is 5.75 Å². The minimum Gasteiger partial charge on any atom is -0.497 e. The van der Waals surface area contributed by atoms with E-state index >= 15 is 0 Å². The Morgan fingerprint density at radius 2 is 2.00 bits per heavy atom. The molecule has 1 fully saturated rings. The maximum absolute atomic E-state index is 12.4. The molecule has 114 valence electrons. The van der Waals surface area contributed by atoms with Crippen LogP contribution in [0.25, 0.3) is 5.57 Å². The van der Waals surface area contributed by atoms with Crippen LogP contribution in [0.15, 0.2) is 30.3 Å². The molecule has 1 aromatic carbocycles. The first kappa shape index (κ1) is 15.6. The molecule has 2 atom stereocenters. The molecule has 4 nitrogen and oxygen atoms in total. The van der Waals surface area contributed by atoms with Crippen LogP contribution in [0.2, 0.25) is 0 Å². The number of allylic oxidation sites excluding steroid dienone is 1. The minimum absolute atomic E-state index is 0.0792. The molecule has 0 aromatic heterocycles. The molecule has 0 spiro atoms. The van der Waals surface area contributed by atoms with Crippen LogP contribution < -0.4 is 10.1 Å². The quantitative estimate of drug-likeness (QED) is 0.868. The van der Waals surface area contributed by atoms with E-state index in [4.69, 9.17) is 4.74 Å². The van der Waals surface area contributed by atoms with Gasteiger partial charge in [0.25, 0.3) is 0 Å². The SMILES string of the molecule is COc1cccc(C(C)=CC(=O)N2CC(C)NC(C)C2)c1. The fourth-order valence-corrected chi connectivity index (χ4v) is 2.73. The Morgan fingerprint density at radius 1 is 1.33 bits per heavy atom. The zero-order valence-corrected chi connectivity index (χ0v) is 13.2. The molecule has 1 amide bonds. The zero-order valence-electron chi connectivity index (χ0n) is 13.2. The van der Waals surface area contributed by atoms with Gasteiger partial charge in [-0.3, -0.25) is 4.79 Å². The molecule has 1 aliphatic rings. The Morgan fingerprint density at radius 3 is 2.62 bits per heavy atom. The monoisotopic (exact) mass is 288 g/mol. The Labute approximate surface area is 126 Å². The van der Waals surface area contributed by atoms with Gasteiger partial charge in [-0.25, -0.2) is 0 Å². The van der Waals surface area contributed by atoms with Crippen LogP contribution in [0.4, 0.5) is 0 Å². The number of nitrogens with zero attached hydrogens (tertiary/aromatic N) is 1. The Hall–Kier alpha value is -1.81. The van der Waals surface area contributed by atoms with E-state index in [1.165, 1.54) is 0 Å². The van der Waals surface area contributed by atoms with Crippen LogP contribution in [0.1, 0.15) is 26.3 Å². The molecular formula is C17H24N2O2. The number of nitrogens with one attached hydrogen (secondary N) is 1. The van der Waals surface area contributed by atoms with E-state index in [2.05, 4.69) is 19.2 Å². The molecule has 1 aromatic rings. The van der Waals surface area contributed by atoms with Crippen LogP contribution >= 0.6 is 0 Å². The smallest absolute Gasteiger partial charge is 0.246 e. The number of piperazine rings is 1. The summed E-state index contributed by atoms with van der Waals surface area (Å²) in [6, 6.07) is 8.45. The van der Waals surface area contributed by atoms with Gasteiger partial charge < -0.3 is 15.0 Å². The van der Waals surface area contributed by atoms with Crippen molar-refractivity contribution in [2.24, 2.45) is 0 Å². The van der Waals surface area contributed by atoms with Gasteiger partial charge in [-0.1, -0.05) is 12.1 Å². The highest BCUT2D eigenvalue weighted by Gasteiger charge is 2.23. The van der Waals surface area contributed by atoms with Crippen molar-refractivity contribution in [1.82, 2.24) is 10.2 Å². The first-order chi connectivity index (χ1) is 9.99. The first-order valence-corrected chi connectivity index (χ1v) is 7.37. The van der Waals surface area contributed by atoms with Crippen molar-refractivity contribution in [2.75, 3.05) is 20.2 Å². The van der Waals surface area contributed by atoms with Crippen molar-refractivity contribution >= 4 is 11.5 Å². The summed E-state index contributed by atoms with van der Waals surface area (Å²) in [6.07, 6.45) is 1.72. The molecule has 2 unspecified atom stereocenters. The number of ether oxygens (including phenoxy) is 1. The van der Waals surface area contributed by atoms with E-state index < -0.39 is 0 Å². The van der Waals surface area contributed by atoms with Gasteiger partial charge in [0, 0.05) is 31.2 Å². The fraction of sp³-hybridized carbons (Fsp3) is 0.471. The number of carbonyl (C=O) groups excluding carboxylic acids is 1. The lowest BCUT2D eigenvalue weighted by atomic mass is 10.1. The second-order valence-corrected chi connectivity index (χ2v) is 5.77. The molecule has 0 radical (unpaired) electrons. The van der Waals surface area contributed by atoms with Crippen LogP contribution in [-0.4, -0.2) is 43.1 Å². The number of amides is 1. The molecule has 0 aliphatic carbocycles. The van der Waals surface area contributed by atoms with Gasteiger partial charge in [-0.05, 0) is 44.0 Å². The lowest BCUT2D eigenvalue weighted by molar-refractivity contribution is -0.127. The maximum Gasteiger partial charge on any atom is 0.246 e. The molecule has 0 bridgehead atoms. The third kappa shape index (κ3) is 4.08. The van der Waals surface area contributed by atoms with Crippen LogP contribution in [-0.2, 0) is 4.79 Å². The average molecular weight is 288 g/mol. The molecule has 1 aliphatic heterocycles. The summed E-state index contributed by atoms with van der Waals surface area (Å²) >= 11 is 0. The minimum atomic E-state index is 0.0792. The number of hydrogen-bond acceptors (Lipinski definition) is 3. The van der Waals surface area contributed by atoms with E-state index in [1.807, 2.05) is 36.1 Å². The van der Waals surface area contributed by atoms with Gasteiger partial charge in [-0.2, -0.15) is 0 Å². The number of benzene rings is 1. The summed E-state index contributed by atoms with van der Waals surface area (Å²) < 4.78 is 5.22. The molecular weight excluding hydrogens is 264 g/mol. The summed E-state index contributed by atoms with van der Waals surface area (Å²) in [6.45, 7) is 7.68. The van der Waals surface area contributed by atoms with E-state index in [1.54, 1.807) is 13.2 Å². The van der Waals surface area contributed by atoms with Crippen molar-refractivity contribution in [1.29, 1.82) is 0 Å². The number of methoxy groups -OCH3 is 1. The predicted molar refractivity (Wildman–Crippen MR) is 85.3 cm³/mol. The lowest BCUT2D eigenvalue weighted by Crippen LogP contribution is -2.55. The highest BCUT2D eigenvalue weighted by molar-refractivity contribution is 5.95. The molecule has 0 saturated carbocycles. The Kier molecular flexibility index (Phi) is 5.02. The van der Waals surface area contributed by atoms with Gasteiger partial charge in [0.2, 0.25) is 5.91 Å². The summed E-state index contributed by atoms with van der Waals surface area (Å²) in [5.74, 6) is 0.882. The van der Waals surface area contributed by atoms with Gasteiger partial charge in [0.05, 0.1) is 7.11 Å². The average Bonchev–Trinajstić information content (AvgIpc) is 2.46. The van der Waals surface area contributed by atoms with Gasteiger partial charge in [0.15, 0.2) is 0 Å². The molecule has 1 saturated heterocycles. The number of hydrogen-bond donors (Lipinski definition) is 1. The standard InChI is InChI=1S/C17H24N2O2/c1-12(15-6-5-7-16(9-15)21-4)8-17(20)19-10-13(2)18-14(3)11-19/h5-9,13-14,18H,10-11H2,1-4H3. The summed E-state index contributed by atoms with van der Waals surface area (Å²) in [4.78, 5) is 14.3. The highest BCUT2D eigenvalue weighted by Crippen LogP contribution is 2.20. The topological polar surface area (TPSA) is 41.6 Å². The molecule has 4 heteroatoms.